The van der Waals surface area contributed by atoms with Crippen LogP contribution in [-0.2, 0) is 4.74 Å². The Kier molecular flexibility index (Phi) is 3.70. The first-order valence-corrected chi connectivity index (χ1v) is 6.41. The third-order valence-electron chi connectivity index (χ3n) is 2.83. The Morgan fingerprint density at radius 2 is 2.32 bits per heavy atom. The van der Waals surface area contributed by atoms with E-state index in [1.54, 1.807) is 0 Å². The monoisotopic (exact) mass is 329 g/mol. The molecule has 102 valence electrons. The molecule has 0 radical (unpaired) electrons. The molecule has 8 heteroatoms. The van der Waals surface area contributed by atoms with Gasteiger partial charge in [0.1, 0.15) is 0 Å². The van der Waals surface area contributed by atoms with Gasteiger partial charge in [-0.3, -0.25) is 10.1 Å². The number of aromatic nitrogens is 1. The van der Waals surface area contributed by atoms with Crippen LogP contribution in [0.15, 0.2) is 12.1 Å². The van der Waals surface area contributed by atoms with Gasteiger partial charge in [-0.25, -0.2) is 9.78 Å². The van der Waals surface area contributed by atoms with E-state index in [9.17, 15) is 14.9 Å². The smallest absolute Gasteiger partial charge is 0.356 e. The fourth-order valence-electron chi connectivity index (χ4n) is 1.50. The number of alkyl halides is 1. The Hall–Kier alpha value is -1.70. The lowest BCUT2D eigenvalue weighted by Gasteiger charge is -2.10. The second-order valence-electron chi connectivity index (χ2n) is 4.32. The molecule has 0 unspecified atom stereocenters. The van der Waals surface area contributed by atoms with Crippen molar-refractivity contribution in [3.63, 3.8) is 0 Å². The van der Waals surface area contributed by atoms with Crippen LogP contribution in [0.4, 0.5) is 11.5 Å². The number of nitro groups is 1. The average molecular weight is 330 g/mol. The summed E-state index contributed by atoms with van der Waals surface area (Å²) in [6.07, 6.45) is 2.01. The van der Waals surface area contributed by atoms with Crippen LogP contribution in [-0.4, -0.2) is 33.9 Å². The molecule has 0 spiro atoms. The molecule has 7 nitrogen and oxygen atoms in total. The first kappa shape index (κ1) is 13.7. The van der Waals surface area contributed by atoms with Gasteiger partial charge in [0.15, 0.2) is 5.69 Å². The van der Waals surface area contributed by atoms with E-state index in [0.717, 1.165) is 12.8 Å². The quantitative estimate of drug-likeness (QED) is 0.385. The number of nitrogens with zero attached hydrogens (tertiary/aromatic N) is 2. The summed E-state index contributed by atoms with van der Waals surface area (Å²) >= 11 is 3.52. The second kappa shape index (κ2) is 5.12. The van der Waals surface area contributed by atoms with Crippen molar-refractivity contribution in [1.82, 2.24) is 4.98 Å². The minimum Gasteiger partial charge on any atom is -0.464 e. The van der Waals surface area contributed by atoms with E-state index >= 15 is 0 Å². The van der Waals surface area contributed by atoms with Gasteiger partial charge in [-0.05, 0) is 18.9 Å². The number of esters is 1. The van der Waals surface area contributed by atoms with Crippen molar-refractivity contribution in [2.24, 2.45) is 0 Å². The molecule has 1 aliphatic carbocycles. The van der Waals surface area contributed by atoms with Crippen LogP contribution in [0.1, 0.15) is 23.3 Å². The lowest BCUT2D eigenvalue weighted by molar-refractivity contribution is -0.384. The molecule has 0 bridgehead atoms. The lowest BCUT2D eigenvalue weighted by Crippen LogP contribution is -2.17. The number of hydrogen-bond acceptors (Lipinski definition) is 6. The summed E-state index contributed by atoms with van der Waals surface area (Å²) in [5.74, 6) is -0.545. The van der Waals surface area contributed by atoms with Gasteiger partial charge in [0, 0.05) is 16.9 Å². The summed E-state index contributed by atoms with van der Waals surface area (Å²) in [4.78, 5) is 25.7. The van der Waals surface area contributed by atoms with Crippen molar-refractivity contribution in [1.29, 1.82) is 0 Å². The Labute approximate surface area is 117 Å². The normalized spacial score (nSPS) is 15.7. The van der Waals surface area contributed by atoms with Crippen molar-refractivity contribution >= 4 is 33.4 Å². The SMILES string of the molecule is COC(=O)c1ccc([N+](=O)[O-])c(NCC2(Br)CC2)n1. The minimum absolute atomic E-state index is 0.0101. The first-order chi connectivity index (χ1) is 8.95. The Morgan fingerprint density at radius 3 is 2.84 bits per heavy atom. The molecule has 2 rings (SSSR count). The van der Waals surface area contributed by atoms with Crippen molar-refractivity contribution in [3.05, 3.63) is 27.9 Å². The molecular weight excluding hydrogens is 318 g/mol. The zero-order valence-electron chi connectivity index (χ0n) is 10.2. The maximum absolute atomic E-state index is 11.4. The first-order valence-electron chi connectivity index (χ1n) is 5.62. The predicted octanol–water partition coefficient (Wildman–Crippen LogP) is 2.12. The summed E-state index contributed by atoms with van der Waals surface area (Å²) < 4.78 is 4.53. The number of nitrogens with one attached hydrogen (secondary N) is 1. The van der Waals surface area contributed by atoms with E-state index in [1.165, 1.54) is 19.2 Å². The van der Waals surface area contributed by atoms with Crippen molar-refractivity contribution in [2.45, 2.75) is 17.2 Å². The van der Waals surface area contributed by atoms with Crippen LogP contribution in [0, 0.1) is 10.1 Å². The average Bonchev–Trinajstić information content (AvgIpc) is 3.13. The molecule has 0 aromatic carbocycles. The highest BCUT2D eigenvalue weighted by molar-refractivity contribution is 9.10. The largest absolute Gasteiger partial charge is 0.464 e. The van der Waals surface area contributed by atoms with Crippen molar-refractivity contribution in [3.8, 4) is 0 Å². The van der Waals surface area contributed by atoms with Crippen molar-refractivity contribution < 1.29 is 14.5 Å². The summed E-state index contributed by atoms with van der Waals surface area (Å²) in [6, 6.07) is 2.52. The van der Waals surface area contributed by atoms with Crippen LogP contribution in [0.3, 0.4) is 0 Å². The topological polar surface area (TPSA) is 94.4 Å². The summed E-state index contributed by atoms with van der Waals surface area (Å²) in [6.45, 7) is 0.519. The molecule has 1 fully saturated rings. The van der Waals surface area contributed by atoms with E-state index < -0.39 is 10.9 Å². The van der Waals surface area contributed by atoms with Gasteiger partial charge in [-0.15, -0.1) is 0 Å². The summed E-state index contributed by atoms with van der Waals surface area (Å²) in [5, 5.41) is 13.8. The zero-order valence-corrected chi connectivity index (χ0v) is 11.8. The van der Waals surface area contributed by atoms with Gasteiger partial charge in [0.05, 0.1) is 12.0 Å². The third kappa shape index (κ3) is 3.19. The van der Waals surface area contributed by atoms with E-state index in [1.807, 2.05) is 0 Å². The van der Waals surface area contributed by atoms with E-state index in [-0.39, 0.29) is 21.5 Å². The summed E-state index contributed by atoms with van der Waals surface area (Å²) in [5.41, 5.74) is -0.126. The number of carbonyl (C=O) groups is 1. The second-order valence-corrected chi connectivity index (χ2v) is 6.00. The molecule has 1 aromatic rings. The molecule has 0 amide bonds. The Morgan fingerprint density at radius 1 is 1.63 bits per heavy atom. The number of hydrogen-bond donors (Lipinski definition) is 1. The predicted molar refractivity (Wildman–Crippen MR) is 71.6 cm³/mol. The van der Waals surface area contributed by atoms with Crippen LogP contribution >= 0.6 is 15.9 Å². The molecule has 0 atom stereocenters. The minimum atomic E-state index is -0.627. The number of carbonyl (C=O) groups excluding carboxylic acids is 1. The van der Waals surface area contributed by atoms with Gasteiger partial charge >= 0.3 is 11.7 Å². The highest BCUT2D eigenvalue weighted by Crippen LogP contribution is 2.44. The number of rotatable bonds is 5. The van der Waals surface area contributed by atoms with Crippen LogP contribution in [0.25, 0.3) is 0 Å². The van der Waals surface area contributed by atoms with Crippen LogP contribution in [0.2, 0.25) is 0 Å². The van der Waals surface area contributed by atoms with Crippen LogP contribution < -0.4 is 5.32 Å². The molecule has 1 aromatic heterocycles. The molecule has 0 saturated heterocycles. The van der Waals surface area contributed by atoms with Gasteiger partial charge in [-0.2, -0.15) is 0 Å². The molecule has 1 N–H and O–H groups in total. The third-order valence-corrected chi connectivity index (χ3v) is 3.90. The van der Waals surface area contributed by atoms with E-state index in [0.29, 0.717) is 6.54 Å². The molecule has 19 heavy (non-hydrogen) atoms. The maximum atomic E-state index is 11.4. The lowest BCUT2D eigenvalue weighted by atomic mass is 10.3. The maximum Gasteiger partial charge on any atom is 0.356 e. The number of ether oxygens (including phenoxy) is 1. The highest BCUT2D eigenvalue weighted by Gasteiger charge is 2.40. The standard InChI is InChI=1S/C11H12BrN3O4/c1-19-10(16)7-2-3-8(15(17)18)9(14-7)13-6-11(12)4-5-11/h2-3H,4-6H2,1H3,(H,13,14). The van der Waals surface area contributed by atoms with Gasteiger partial charge in [0.2, 0.25) is 5.82 Å². The number of pyridine rings is 1. The summed E-state index contributed by atoms with van der Waals surface area (Å²) in [7, 11) is 1.23. The Balaban J connectivity index is 2.24. The number of methoxy groups -OCH3 is 1. The van der Waals surface area contributed by atoms with E-state index in [2.05, 4.69) is 31.0 Å². The number of halogens is 1. The molecule has 1 saturated carbocycles. The fourth-order valence-corrected chi connectivity index (χ4v) is 1.84. The van der Waals surface area contributed by atoms with Crippen molar-refractivity contribution in [2.75, 3.05) is 19.0 Å². The molecule has 1 heterocycles. The molecule has 0 aliphatic heterocycles. The number of anilines is 1. The molecule has 1 aliphatic rings. The van der Waals surface area contributed by atoms with E-state index in [4.69, 9.17) is 0 Å². The zero-order chi connectivity index (χ0) is 14.0. The highest BCUT2D eigenvalue weighted by atomic mass is 79.9. The fraction of sp³-hybridized carbons (Fsp3) is 0.455. The molecular formula is C11H12BrN3O4. The van der Waals surface area contributed by atoms with Gasteiger partial charge in [0.25, 0.3) is 0 Å². The van der Waals surface area contributed by atoms with Gasteiger partial charge < -0.3 is 10.1 Å². The van der Waals surface area contributed by atoms with Crippen LogP contribution in [0.5, 0.6) is 0 Å². The van der Waals surface area contributed by atoms with Gasteiger partial charge in [-0.1, -0.05) is 15.9 Å². The Bertz CT molecular complexity index is 531.